The summed E-state index contributed by atoms with van der Waals surface area (Å²) in [5, 5.41) is 10.1. The number of ether oxygens (including phenoxy) is 1. The van der Waals surface area contributed by atoms with E-state index in [-0.39, 0.29) is 5.91 Å². The van der Waals surface area contributed by atoms with Crippen molar-refractivity contribution in [3.05, 3.63) is 34.9 Å². The third-order valence-corrected chi connectivity index (χ3v) is 5.05. The first-order valence-corrected chi connectivity index (χ1v) is 10.2. The molecule has 0 radical (unpaired) electrons. The molecule has 0 spiro atoms. The van der Waals surface area contributed by atoms with E-state index in [1.165, 1.54) is 0 Å². The van der Waals surface area contributed by atoms with Crippen molar-refractivity contribution in [2.75, 3.05) is 53.0 Å². The van der Waals surface area contributed by atoms with Crippen LogP contribution in [0.4, 0.5) is 0 Å². The maximum atomic E-state index is 12.1. The highest BCUT2D eigenvalue weighted by Gasteiger charge is 2.23. The van der Waals surface area contributed by atoms with Crippen LogP contribution in [0.5, 0.6) is 0 Å². The number of morpholine rings is 1. The largest absolute Gasteiger partial charge is 0.379 e. The quantitative estimate of drug-likeness (QED) is 0.345. The van der Waals surface area contributed by atoms with Gasteiger partial charge in [-0.05, 0) is 30.2 Å². The lowest BCUT2D eigenvalue weighted by molar-refractivity contribution is 0.00752. The molecule has 3 N–H and O–H groups in total. The molecule has 8 heteroatoms. The van der Waals surface area contributed by atoms with Gasteiger partial charge in [0.1, 0.15) is 0 Å². The monoisotopic (exact) mass is 409 g/mol. The predicted molar refractivity (Wildman–Crippen MR) is 114 cm³/mol. The predicted octanol–water partition coefficient (Wildman–Crippen LogP) is 1.59. The van der Waals surface area contributed by atoms with Crippen molar-refractivity contribution >= 4 is 23.5 Å². The lowest BCUT2D eigenvalue weighted by Crippen LogP contribution is -2.53. The molecule has 1 aromatic rings. The third kappa shape index (κ3) is 7.30. The highest BCUT2D eigenvalue weighted by atomic mass is 35.5. The van der Waals surface area contributed by atoms with E-state index in [1.807, 2.05) is 0 Å². The Morgan fingerprint density at radius 1 is 1.14 bits per heavy atom. The first-order valence-electron chi connectivity index (χ1n) is 9.81. The van der Waals surface area contributed by atoms with Gasteiger partial charge < -0.3 is 20.7 Å². The minimum absolute atomic E-state index is 0.117. The van der Waals surface area contributed by atoms with E-state index >= 15 is 0 Å². The Morgan fingerprint density at radius 3 is 2.39 bits per heavy atom. The van der Waals surface area contributed by atoms with E-state index < -0.39 is 0 Å². The summed E-state index contributed by atoms with van der Waals surface area (Å²) < 4.78 is 5.46. The zero-order chi connectivity index (χ0) is 20.4. The molecule has 2 rings (SSSR count). The fourth-order valence-electron chi connectivity index (χ4n) is 3.18. The van der Waals surface area contributed by atoms with E-state index in [9.17, 15) is 4.79 Å². The maximum Gasteiger partial charge on any atom is 0.251 e. The van der Waals surface area contributed by atoms with Crippen molar-refractivity contribution in [1.29, 1.82) is 0 Å². The molecule has 28 heavy (non-hydrogen) atoms. The number of nitrogens with one attached hydrogen (secondary N) is 3. The molecule has 1 amide bonds. The number of carbonyl (C=O) groups excluding carboxylic acids is 1. The number of benzene rings is 1. The summed E-state index contributed by atoms with van der Waals surface area (Å²) in [6, 6.07) is 7.26. The van der Waals surface area contributed by atoms with Crippen molar-refractivity contribution in [2.24, 2.45) is 10.9 Å². The average molecular weight is 410 g/mol. The number of carbonyl (C=O) groups is 1. The van der Waals surface area contributed by atoms with E-state index in [0.717, 1.165) is 38.8 Å². The van der Waals surface area contributed by atoms with Gasteiger partial charge in [0.25, 0.3) is 5.91 Å². The smallest absolute Gasteiger partial charge is 0.251 e. The molecule has 1 heterocycles. The fraction of sp³-hybridized carbons (Fsp3) is 0.600. The molecule has 1 saturated heterocycles. The molecule has 1 aromatic carbocycles. The van der Waals surface area contributed by atoms with Gasteiger partial charge in [-0.15, -0.1) is 0 Å². The van der Waals surface area contributed by atoms with Gasteiger partial charge in [0.05, 0.1) is 13.2 Å². The topological polar surface area (TPSA) is 78.0 Å². The van der Waals surface area contributed by atoms with Crippen molar-refractivity contribution in [2.45, 2.75) is 19.9 Å². The highest BCUT2D eigenvalue weighted by Crippen LogP contribution is 2.12. The Kier molecular flexibility index (Phi) is 9.54. The highest BCUT2D eigenvalue weighted by molar-refractivity contribution is 6.30. The van der Waals surface area contributed by atoms with Crippen LogP contribution in [0.3, 0.4) is 0 Å². The van der Waals surface area contributed by atoms with E-state index in [4.69, 9.17) is 16.3 Å². The summed E-state index contributed by atoms with van der Waals surface area (Å²) in [5.41, 5.74) is 0.595. The maximum absolute atomic E-state index is 12.1. The van der Waals surface area contributed by atoms with Crippen molar-refractivity contribution in [1.82, 2.24) is 20.9 Å². The molecule has 0 aliphatic carbocycles. The minimum atomic E-state index is -0.117. The molecule has 1 atom stereocenters. The van der Waals surface area contributed by atoms with Crippen LogP contribution in [0.15, 0.2) is 29.3 Å². The second-order valence-corrected chi connectivity index (χ2v) is 7.54. The summed E-state index contributed by atoms with van der Waals surface area (Å²) in [6.07, 6.45) is 0. The number of nitrogens with zero attached hydrogens (tertiary/aromatic N) is 2. The third-order valence-electron chi connectivity index (χ3n) is 4.80. The number of hydrogen-bond donors (Lipinski definition) is 3. The van der Waals surface area contributed by atoms with Gasteiger partial charge in [0.2, 0.25) is 0 Å². The molecule has 0 aromatic heterocycles. The number of aliphatic imine (C=N–C) groups is 1. The lowest BCUT2D eigenvalue weighted by Gasteiger charge is -2.37. The molecule has 1 aliphatic heterocycles. The van der Waals surface area contributed by atoms with Crippen molar-refractivity contribution in [3.63, 3.8) is 0 Å². The summed E-state index contributed by atoms with van der Waals surface area (Å²) in [7, 11) is 1.75. The van der Waals surface area contributed by atoms with Crippen molar-refractivity contribution < 1.29 is 9.53 Å². The molecule has 156 valence electrons. The van der Waals surface area contributed by atoms with Gasteiger partial charge in [-0.25, -0.2) is 0 Å². The molecular weight excluding hydrogens is 378 g/mol. The van der Waals surface area contributed by atoms with Gasteiger partial charge in [0.15, 0.2) is 5.96 Å². The van der Waals surface area contributed by atoms with Crippen LogP contribution in [0.25, 0.3) is 0 Å². The average Bonchev–Trinajstić information content (AvgIpc) is 2.70. The Bertz CT molecular complexity index is 630. The zero-order valence-corrected chi connectivity index (χ0v) is 17.8. The van der Waals surface area contributed by atoms with Crippen LogP contribution in [0, 0.1) is 5.92 Å². The number of hydrogen-bond acceptors (Lipinski definition) is 4. The number of rotatable bonds is 8. The summed E-state index contributed by atoms with van der Waals surface area (Å²) >= 11 is 5.84. The second kappa shape index (κ2) is 11.9. The van der Waals surface area contributed by atoms with Gasteiger partial charge in [-0.1, -0.05) is 25.4 Å². The summed E-state index contributed by atoms with van der Waals surface area (Å²) in [5.74, 6) is 1.15. The number of amides is 1. The summed E-state index contributed by atoms with van der Waals surface area (Å²) in [4.78, 5) is 18.8. The molecular formula is C20H32ClN5O2. The van der Waals surface area contributed by atoms with Crippen LogP contribution in [0.2, 0.25) is 5.02 Å². The summed E-state index contributed by atoms with van der Waals surface area (Å²) in [6.45, 7) is 9.90. The van der Waals surface area contributed by atoms with Crippen LogP contribution in [-0.2, 0) is 4.74 Å². The Morgan fingerprint density at radius 2 is 1.79 bits per heavy atom. The number of halogens is 1. The van der Waals surface area contributed by atoms with Crippen LogP contribution < -0.4 is 16.0 Å². The van der Waals surface area contributed by atoms with Crippen molar-refractivity contribution in [3.8, 4) is 0 Å². The molecule has 1 fully saturated rings. The SMILES string of the molecule is CN=C(NCCNC(=O)c1ccc(Cl)cc1)NCC(C(C)C)N1CCOCC1. The van der Waals surface area contributed by atoms with Crippen LogP contribution >= 0.6 is 11.6 Å². The van der Waals surface area contributed by atoms with Gasteiger partial charge in [-0.3, -0.25) is 14.7 Å². The normalized spacial score (nSPS) is 16.7. The number of guanidine groups is 1. The Hall–Kier alpha value is -1.83. The second-order valence-electron chi connectivity index (χ2n) is 7.10. The van der Waals surface area contributed by atoms with E-state index in [0.29, 0.717) is 35.6 Å². The standard InChI is InChI=1S/C20H32ClN5O2/c1-15(2)18(26-10-12-28-13-11-26)14-25-20(22-3)24-9-8-23-19(27)16-4-6-17(21)7-5-16/h4-7,15,18H,8-14H2,1-3H3,(H,23,27)(H2,22,24,25). The lowest BCUT2D eigenvalue weighted by atomic mass is 10.0. The molecule has 0 saturated carbocycles. The van der Waals surface area contributed by atoms with Gasteiger partial charge in [0, 0.05) is 56.4 Å². The fourth-order valence-corrected chi connectivity index (χ4v) is 3.30. The van der Waals surface area contributed by atoms with Crippen LogP contribution in [-0.4, -0.2) is 75.8 Å². The first kappa shape index (κ1) is 22.5. The van der Waals surface area contributed by atoms with Gasteiger partial charge >= 0.3 is 0 Å². The Labute approximate surface area is 172 Å². The molecule has 1 aliphatic rings. The molecule has 7 nitrogen and oxygen atoms in total. The first-order chi connectivity index (χ1) is 13.5. The Balaban J connectivity index is 1.71. The van der Waals surface area contributed by atoms with E-state index in [2.05, 4.69) is 39.7 Å². The zero-order valence-electron chi connectivity index (χ0n) is 17.0. The molecule has 1 unspecified atom stereocenters. The van der Waals surface area contributed by atoms with Crippen LogP contribution in [0.1, 0.15) is 24.2 Å². The van der Waals surface area contributed by atoms with Gasteiger partial charge in [-0.2, -0.15) is 0 Å². The van der Waals surface area contributed by atoms with E-state index in [1.54, 1.807) is 31.3 Å². The molecule has 0 bridgehead atoms. The minimum Gasteiger partial charge on any atom is -0.379 e.